The van der Waals surface area contributed by atoms with Crippen LogP contribution < -0.4 is 5.32 Å². The van der Waals surface area contributed by atoms with Gasteiger partial charge in [-0.1, -0.05) is 0 Å². The molecule has 0 spiro atoms. The Kier molecular flexibility index (Phi) is 5.02. The zero-order valence-corrected chi connectivity index (χ0v) is 7.13. The number of carbonyl (C=O) groups is 2. The summed E-state index contributed by atoms with van der Waals surface area (Å²) in [6.45, 7) is 1.20. The monoisotopic (exact) mass is 193 g/mol. The molecule has 0 aliphatic heterocycles. The van der Waals surface area contributed by atoms with E-state index < -0.39 is 17.9 Å². The molecule has 0 aromatic heterocycles. The minimum atomic E-state index is -1.18. The number of rotatable bonds is 5. The van der Waals surface area contributed by atoms with Crippen molar-refractivity contribution in [1.29, 1.82) is 0 Å². The Morgan fingerprint density at radius 2 is 2.25 bits per heavy atom. The lowest BCUT2D eigenvalue weighted by molar-refractivity contribution is -0.140. The van der Waals surface area contributed by atoms with Crippen LogP contribution in [-0.4, -0.2) is 28.8 Å². The van der Waals surface area contributed by atoms with E-state index in [1.807, 2.05) is 0 Å². The van der Waals surface area contributed by atoms with Gasteiger partial charge < -0.3 is 10.4 Å². The largest absolute Gasteiger partial charge is 0.480 e. The van der Waals surface area contributed by atoms with E-state index >= 15 is 0 Å². The second-order valence-electron chi connectivity index (χ2n) is 1.96. The van der Waals surface area contributed by atoms with Crippen molar-refractivity contribution in [1.82, 2.24) is 5.32 Å². The van der Waals surface area contributed by atoms with Crippen LogP contribution in [0.15, 0.2) is 4.58 Å². The van der Waals surface area contributed by atoms with Crippen LogP contribution in [0.4, 0.5) is 0 Å². The third kappa shape index (κ3) is 4.67. The van der Waals surface area contributed by atoms with Crippen molar-refractivity contribution in [3.63, 3.8) is 0 Å². The first-order valence-corrected chi connectivity index (χ1v) is 3.96. The van der Waals surface area contributed by atoms with E-state index in [0.717, 1.165) is 0 Å². The zero-order chi connectivity index (χ0) is 9.56. The van der Waals surface area contributed by atoms with E-state index in [-0.39, 0.29) is 5.75 Å². The molecule has 0 heterocycles. The highest BCUT2D eigenvalue weighted by Gasteiger charge is 2.18. The van der Waals surface area contributed by atoms with Gasteiger partial charge in [0.2, 0.25) is 5.91 Å². The van der Waals surface area contributed by atoms with Crippen LogP contribution in [-0.2, 0) is 9.59 Å². The topological polar surface area (TPSA) is 95.8 Å². The van der Waals surface area contributed by atoms with Gasteiger partial charge in [-0.2, -0.15) is 0 Å². The van der Waals surface area contributed by atoms with E-state index in [1.165, 1.54) is 6.92 Å². The summed E-state index contributed by atoms with van der Waals surface area (Å²) in [6.07, 6.45) is 0. The van der Waals surface area contributed by atoms with E-state index in [4.69, 9.17) is 5.11 Å². The fourth-order valence-electron chi connectivity index (χ4n) is 0.525. The predicted molar refractivity (Wildman–Crippen MR) is 43.5 cm³/mol. The first-order chi connectivity index (χ1) is 5.57. The molecule has 0 aliphatic rings. The maximum atomic E-state index is 10.4. The number of carboxylic acids is 1. The van der Waals surface area contributed by atoms with Crippen LogP contribution in [0, 0.1) is 4.91 Å². The van der Waals surface area contributed by atoms with Crippen molar-refractivity contribution < 1.29 is 14.7 Å². The summed E-state index contributed by atoms with van der Waals surface area (Å²) in [7, 11) is 0. The quantitative estimate of drug-likeness (QED) is 0.363. The molecule has 2 N–H and O–H groups in total. The van der Waals surface area contributed by atoms with Crippen LogP contribution in [0.3, 0.4) is 0 Å². The highest BCUT2D eigenvalue weighted by molar-refractivity contribution is 7.97. The minimum absolute atomic E-state index is 0.0571. The van der Waals surface area contributed by atoms with Gasteiger partial charge in [-0.05, 0) is 0 Å². The fraction of sp³-hybridized carbons (Fsp3) is 0.600. The Hall–Kier alpha value is -1.11. The molecule has 1 amide bonds. The van der Waals surface area contributed by atoms with Gasteiger partial charge in [0, 0.05) is 29.2 Å². The van der Waals surface area contributed by atoms with Crippen molar-refractivity contribution >= 4 is 23.8 Å². The number of nitrogens with one attached hydrogen (secondary N) is 1. The van der Waals surface area contributed by atoms with Crippen LogP contribution in [0.5, 0.6) is 0 Å². The number of aliphatic carboxylic acids is 1. The highest BCUT2D eigenvalue weighted by atomic mass is 32.2. The molecule has 0 saturated carbocycles. The number of amides is 1. The Labute approximate surface area is 72.8 Å². The summed E-state index contributed by atoms with van der Waals surface area (Å²) >= 11 is 0.560. The standard InChI is InChI=1S/C5H8N2O4S/c1-3(8)6-4(5(9)10)2-12-7-11/h4H,2H2,1H3,(H,6,8)(H,9,10)/t4-/m0/s1/i7+1. The Bertz CT molecular complexity index is 196. The van der Waals surface area contributed by atoms with Crippen molar-refractivity contribution in [2.24, 2.45) is 4.58 Å². The third-order valence-electron chi connectivity index (χ3n) is 0.969. The molecule has 0 radical (unpaired) electrons. The molecule has 6 nitrogen and oxygen atoms in total. The average molecular weight is 193 g/mol. The maximum absolute atomic E-state index is 10.4. The number of carbonyl (C=O) groups excluding carboxylic acids is 1. The van der Waals surface area contributed by atoms with E-state index in [9.17, 15) is 14.5 Å². The molecule has 1 atom stereocenters. The summed E-state index contributed by atoms with van der Waals surface area (Å²) in [6, 6.07) is -1.05. The molecular formula is C5H8N2O4S. The van der Waals surface area contributed by atoms with Crippen LogP contribution in [0.25, 0.3) is 0 Å². The van der Waals surface area contributed by atoms with Crippen molar-refractivity contribution in [2.75, 3.05) is 5.75 Å². The summed E-state index contributed by atoms with van der Waals surface area (Å²) in [5, 5.41) is 10.6. The van der Waals surface area contributed by atoms with Crippen LogP contribution in [0.1, 0.15) is 6.92 Å². The van der Waals surface area contributed by atoms with Crippen molar-refractivity contribution in [3.05, 3.63) is 4.91 Å². The number of hydrogen-bond donors (Lipinski definition) is 2. The van der Waals surface area contributed by atoms with E-state index in [1.54, 1.807) is 0 Å². The zero-order valence-electron chi connectivity index (χ0n) is 6.31. The van der Waals surface area contributed by atoms with Gasteiger partial charge in [0.1, 0.15) is 6.04 Å². The summed E-state index contributed by atoms with van der Waals surface area (Å²) in [4.78, 5) is 30.4. The highest BCUT2D eigenvalue weighted by Crippen LogP contribution is 2.03. The average Bonchev–Trinajstić information content (AvgIpc) is 1.96. The molecule has 0 aromatic rings. The van der Waals surface area contributed by atoms with Crippen LogP contribution in [0.2, 0.25) is 0 Å². The number of nitroso groups, excluding NO2 is 1. The molecule has 0 rings (SSSR count). The summed E-state index contributed by atoms with van der Waals surface area (Å²) < 4.78 is 2.42. The van der Waals surface area contributed by atoms with Crippen molar-refractivity contribution in [2.45, 2.75) is 13.0 Å². The minimum Gasteiger partial charge on any atom is -0.480 e. The molecular weight excluding hydrogens is 185 g/mol. The summed E-state index contributed by atoms with van der Waals surface area (Å²) in [5.74, 6) is -1.69. The van der Waals surface area contributed by atoms with Gasteiger partial charge in [-0.3, -0.25) is 4.79 Å². The summed E-state index contributed by atoms with van der Waals surface area (Å²) in [5.41, 5.74) is 0. The molecule has 0 unspecified atom stereocenters. The second-order valence-corrected chi connectivity index (χ2v) is 2.70. The molecule has 0 aromatic carbocycles. The maximum Gasteiger partial charge on any atom is 0.327 e. The molecule has 0 fully saturated rings. The van der Waals surface area contributed by atoms with Gasteiger partial charge >= 0.3 is 5.97 Å². The van der Waals surface area contributed by atoms with Crippen molar-refractivity contribution in [3.8, 4) is 0 Å². The smallest absolute Gasteiger partial charge is 0.327 e. The van der Waals surface area contributed by atoms with Gasteiger partial charge in [0.25, 0.3) is 0 Å². The first kappa shape index (κ1) is 10.9. The Morgan fingerprint density at radius 1 is 1.67 bits per heavy atom. The van der Waals surface area contributed by atoms with Crippen LogP contribution >= 0.6 is 11.9 Å². The molecule has 68 valence electrons. The normalized spacial score (nSPS) is 11.8. The fourth-order valence-corrected chi connectivity index (χ4v) is 0.961. The Morgan fingerprint density at radius 3 is 2.58 bits per heavy atom. The number of hydrogen-bond acceptors (Lipinski definition) is 5. The Balaban J connectivity index is 3.94. The SMILES string of the molecule is CC(=O)N[C@@H](CS[15N]=O)C(=O)O. The van der Waals surface area contributed by atoms with E-state index in [0.29, 0.717) is 11.9 Å². The second kappa shape index (κ2) is 5.53. The van der Waals surface area contributed by atoms with Gasteiger partial charge in [-0.15, -0.1) is 4.91 Å². The van der Waals surface area contributed by atoms with Gasteiger partial charge in [0.15, 0.2) is 0 Å². The molecule has 0 bridgehead atoms. The molecule has 0 aliphatic carbocycles. The third-order valence-corrected chi connectivity index (χ3v) is 1.56. The first-order valence-electron chi connectivity index (χ1n) is 3.02. The van der Waals surface area contributed by atoms with Gasteiger partial charge in [0.05, 0.1) is 0 Å². The predicted octanol–water partition coefficient (Wildman–Crippen LogP) is -0.00970. The molecule has 7 heteroatoms. The molecule has 12 heavy (non-hydrogen) atoms. The molecule has 0 saturated heterocycles. The van der Waals surface area contributed by atoms with Gasteiger partial charge in [-0.25, -0.2) is 4.79 Å². The lowest BCUT2D eigenvalue weighted by Gasteiger charge is -2.09. The lowest BCUT2D eigenvalue weighted by Crippen LogP contribution is -2.41. The van der Waals surface area contributed by atoms with E-state index in [2.05, 4.69) is 9.90 Å². The lowest BCUT2D eigenvalue weighted by atomic mass is 10.3. The number of carboxylic acid groups (broad SMARTS) is 1. The number of nitrogens with zero attached hydrogens (tertiary/aromatic N) is 1.